The first-order chi connectivity index (χ1) is 16.1. The number of amides is 1. The van der Waals surface area contributed by atoms with E-state index in [-0.39, 0.29) is 16.8 Å². The Hall–Kier alpha value is -3.52. The number of nitrogens with one attached hydrogen (secondary N) is 1. The molecular weight excluding hydrogens is 450 g/mol. The molecule has 0 aliphatic heterocycles. The molecule has 3 rings (SSSR count). The van der Waals surface area contributed by atoms with E-state index in [1.807, 2.05) is 62.3 Å². The number of nitrogens with zero attached hydrogens (tertiary/aromatic N) is 2. The van der Waals surface area contributed by atoms with Gasteiger partial charge in [0.25, 0.3) is 10.0 Å². The number of sulfonamides is 1. The lowest BCUT2D eigenvalue weighted by Gasteiger charge is -2.30. The number of methoxy groups -OCH3 is 1. The summed E-state index contributed by atoms with van der Waals surface area (Å²) < 4.78 is 33.6. The van der Waals surface area contributed by atoms with Crippen molar-refractivity contribution in [1.29, 1.82) is 0 Å². The normalized spacial score (nSPS) is 12.0. The van der Waals surface area contributed by atoms with Crippen molar-refractivity contribution in [2.75, 3.05) is 30.8 Å². The average Bonchev–Trinajstić information content (AvgIpc) is 2.82. The largest absolute Gasteiger partial charge is 0.497 e. The molecule has 0 radical (unpaired) electrons. The first kappa shape index (κ1) is 25.1. The molecule has 0 aliphatic carbocycles. The van der Waals surface area contributed by atoms with Gasteiger partial charge in [-0.05, 0) is 60.5 Å². The lowest BCUT2D eigenvalue weighted by atomic mass is 10.0. The van der Waals surface area contributed by atoms with Gasteiger partial charge in [-0.25, -0.2) is 8.42 Å². The molecule has 0 bridgehead atoms. The van der Waals surface area contributed by atoms with Crippen LogP contribution < -0.4 is 14.4 Å². The number of carbonyl (C=O) groups excluding carboxylic acids is 1. The van der Waals surface area contributed by atoms with Gasteiger partial charge in [0.15, 0.2) is 0 Å². The topological polar surface area (TPSA) is 79.0 Å². The minimum absolute atomic E-state index is 0.0646. The third kappa shape index (κ3) is 5.88. The molecule has 3 aromatic carbocycles. The van der Waals surface area contributed by atoms with Crippen LogP contribution in [-0.2, 0) is 21.4 Å². The molecule has 0 unspecified atom stereocenters. The van der Waals surface area contributed by atoms with Gasteiger partial charge in [0.2, 0.25) is 5.91 Å². The van der Waals surface area contributed by atoms with Crippen LogP contribution >= 0.6 is 0 Å². The summed E-state index contributed by atoms with van der Waals surface area (Å²) in [6.45, 7) is 3.87. The van der Waals surface area contributed by atoms with E-state index in [0.717, 1.165) is 16.8 Å². The van der Waals surface area contributed by atoms with E-state index in [1.54, 1.807) is 36.1 Å². The van der Waals surface area contributed by atoms with Crippen LogP contribution in [0.25, 0.3) is 0 Å². The summed E-state index contributed by atoms with van der Waals surface area (Å²) in [6.07, 6.45) is 0. The zero-order valence-corrected chi connectivity index (χ0v) is 21.0. The fraction of sp³-hybridized carbons (Fsp3) is 0.269. The summed E-state index contributed by atoms with van der Waals surface area (Å²) in [6, 6.07) is 21.2. The Morgan fingerprint density at radius 3 is 2.21 bits per heavy atom. The van der Waals surface area contributed by atoms with E-state index in [0.29, 0.717) is 18.0 Å². The molecular formula is C26H31N3O4S. The van der Waals surface area contributed by atoms with Crippen LogP contribution in [0.15, 0.2) is 77.7 Å². The molecule has 34 heavy (non-hydrogen) atoms. The Morgan fingerprint density at radius 1 is 1.00 bits per heavy atom. The van der Waals surface area contributed by atoms with Gasteiger partial charge in [0.05, 0.1) is 18.0 Å². The van der Waals surface area contributed by atoms with E-state index in [9.17, 15) is 13.2 Å². The van der Waals surface area contributed by atoms with Gasteiger partial charge in [0.1, 0.15) is 5.75 Å². The van der Waals surface area contributed by atoms with Crippen molar-refractivity contribution in [3.05, 3.63) is 83.9 Å². The molecule has 0 saturated carbocycles. The van der Waals surface area contributed by atoms with Crippen LogP contribution in [0.2, 0.25) is 0 Å². The van der Waals surface area contributed by atoms with Crippen molar-refractivity contribution >= 4 is 27.3 Å². The van der Waals surface area contributed by atoms with E-state index >= 15 is 0 Å². The lowest BCUT2D eigenvalue weighted by molar-refractivity contribution is -0.131. The standard InChI is InChI=1S/C26H31N3O4S/c1-19(21-9-7-6-8-10-21)29(20(2)30)18-22-17-23(11-16-26(22)28(3)4)27-34(31,32)25-14-12-24(33-5)13-15-25/h6-17,19,27H,18H2,1-5H3/t19-/m1/s1. The van der Waals surface area contributed by atoms with Crippen molar-refractivity contribution in [1.82, 2.24) is 4.90 Å². The third-order valence-corrected chi connectivity index (χ3v) is 7.08. The maximum atomic E-state index is 12.9. The van der Waals surface area contributed by atoms with Gasteiger partial charge < -0.3 is 14.5 Å². The molecule has 7 nitrogen and oxygen atoms in total. The van der Waals surface area contributed by atoms with Crippen LogP contribution in [0.1, 0.15) is 31.0 Å². The predicted octanol–water partition coefficient (Wildman–Crippen LogP) is 4.67. The minimum Gasteiger partial charge on any atom is -0.497 e. The highest BCUT2D eigenvalue weighted by Crippen LogP contribution is 2.29. The molecule has 8 heteroatoms. The summed E-state index contributed by atoms with van der Waals surface area (Å²) in [7, 11) is 1.57. The molecule has 0 spiro atoms. The Labute approximate surface area is 202 Å². The summed E-state index contributed by atoms with van der Waals surface area (Å²) in [5.74, 6) is 0.513. The number of hydrogen-bond donors (Lipinski definition) is 1. The second kappa shape index (κ2) is 10.6. The number of hydrogen-bond acceptors (Lipinski definition) is 5. The van der Waals surface area contributed by atoms with Crippen molar-refractivity contribution in [2.24, 2.45) is 0 Å². The Bertz CT molecular complexity index is 1230. The van der Waals surface area contributed by atoms with Gasteiger partial charge in [-0.2, -0.15) is 0 Å². The highest BCUT2D eigenvalue weighted by atomic mass is 32.2. The highest BCUT2D eigenvalue weighted by molar-refractivity contribution is 7.92. The minimum atomic E-state index is -3.79. The zero-order valence-electron chi connectivity index (χ0n) is 20.1. The van der Waals surface area contributed by atoms with Crippen LogP contribution in [-0.4, -0.2) is 40.4 Å². The first-order valence-corrected chi connectivity index (χ1v) is 12.4. The van der Waals surface area contributed by atoms with E-state index < -0.39 is 10.0 Å². The quantitative estimate of drug-likeness (QED) is 0.480. The first-order valence-electron chi connectivity index (χ1n) is 10.9. The van der Waals surface area contributed by atoms with Gasteiger partial charge in [-0.15, -0.1) is 0 Å². The lowest BCUT2D eigenvalue weighted by Crippen LogP contribution is -2.31. The van der Waals surface area contributed by atoms with Crippen molar-refractivity contribution in [3.8, 4) is 5.75 Å². The van der Waals surface area contributed by atoms with Crippen molar-refractivity contribution < 1.29 is 17.9 Å². The molecule has 1 amide bonds. The Balaban J connectivity index is 1.92. The van der Waals surface area contributed by atoms with E-state index in [4.69, 9.17) is 4.74 Å². The fourth-order valence-electron chi connectivity index (χ4n) is 3.80. The van der Waals surface area contributed by atoms with E-state index in [2.05, 4.69) is 4.72 Å². The SMILES string of the molecule is COc1ccc(S(=O)(=O)Nc2ccc(N(C)C)c(CN(C(C)=O)[C@H](C)c3ccccc3)c2)cc1. The summed E-state index contributed by atoms with van der Waals surface area (Å²) in [5.41, 5.74) is 3.18. The molecule has 0 aromatic heterocycles. The number of anilines is 2. The maximum absolute atomic E-state index is 12.9. The molecule has 180 valence electrons. The molecule has 0 aliphatic rings. The summed E-state index contributed by atoms with van der Waals surface area (Å²) >= 11 is 0. The maximum Gasteiger partial charge on any atom is 0.261 e. The second-order valence-corrected chi connectivity index (χ2v) is 9.93. The molecule has 0 saturated heterocycles. The number of carbonyl (C=O) groups is 1. The van der Waals surface area contributed by atoms with E-state index in [1.165, 1.54) is 19.2 Å². The number of ether oxygens (including phenoxy) is 1. The van der Waals surface area contributed by atoms with Crippen LogP contribution in [0, 0.1) is 0 Å². The smallest absolute Gasteiger partial charge is 0.261 e. The van der Waals surface area contributed by atoms with Gasteiger partial charge >= 0.3 is 0 Å². The monoisotopic (exact) mass is 481 g/mol. The average molecular weight is 482 g/mol. The van der Waals surface area contributed by atoms with Crippen LogP contribution in [0.4, 0.5) is 11.4 Å². The third-order valence-electron chi connectivity index (χ3n) is 5.68. The van der Waals surface area contributed by atoms with Crippen LogP contribution in [0.5, 0.6) is 5.75 Å². The molecule has 1 atom stereocenters. The zero-order chi connectivity index (χ0) is 24.9. The summed E-state index contributed by atoms with van der Waals surface area (Å²) in [5, 5.41) is 0. The van der Waals surface area contributed by atoms with Gasteiger partial charge in [-0.3, -0.25) is 9.52 Å². The molecule has 0 fully saturated rings. The van der Waals surface area contributed by atoms with Crippen molar-refractivity contribution in [3.63, 3.8) is 0 Å². The van der Waals surface area contributed by atoms with Gasteiger partial charge in [0, 0.05) is 38.9 Å². The molecule has 0 heterocycles. The number of benzene rings is 3. The molecule has 3 aromatic rings. The Kier molecular flexibility index (Phi) is 7.83. The second-order valence-electron chi connectivity index (χ2n) is 8.25. The fourth-order valence-corrected chi connectivity index (χ4v) is 4.85. The van der Waals surface area contributed by atoms with Crippen LogP contribution in [0.3, 0.4) is 0 Å². The summed E-state index contributed by atoms with van der Waals surface area (Å²) in [4.78, 5) is 16.4. The molecule has 1 N–H and O–H groups in total. The highest BCUT2D eigenvalue weighted by Gasteiger charge is 2.22. The number of rotatable bonds is 9. The van der Waals surface area contributed by atoms with Crippen molar-refractivity contribution in [2.45, 2.75) is 31.3 Å². The van der Waals surface area contributed by atoms with Gasteiger partial charge in [-0.1, -0.05) is 30.3 Å². The predicted molar refractivity (Wildman–Crippen MR) is 136 cm³/mol. The Morgan fingerprint density at radius 2 is 1.65 bits per heavy atom.